The number of nitrogens with one attached hydrogen (secondary N) is 2. The van der Waals surface area contributed by atoms with Crippen LogP contribution in [-0.2, 0) is 9.59 Å². The number of carboxylic acids is 1. The molecular weight excluding hydrogens is 488 g/mol. The molecule has 0 aromatic heterocycles. The molecular formula is C25H25ClF4N2O3. The van der Waals surface area contributed by atoms with Crippen LogP contribution in [0.25, 0.3) is 0 Å². The number of hydrogen-bond acceptors (Lipinski definition) is 4. The third kappa shape index (κ3) is 5.05. The first-order chi connectivity index (χ1) is 16.1. The van der Waals surface area contributed by atoms with Gasteiger partial charge in [-0.25, -0.2) is 9.18 Å². The van der Waals surface area contributed by atoms with Crippen molar-refractivity contribution in [1.82, 2.24) is 5.32 Å². The number of rotatable bonds is 6. The number of aliphatic carboxylic acids is 1. The molecule has 3 N–H and O–H groups in total. The number of hydrogen-bond donors (Lipinski definition) is 3. The first-order valence-electron chi connectivity index (χ1n) is 10.9. The predicted molar refractivity (Wildman–Crippen MR) is 125 cm³/mol. The molecule has 35 heavy (non-hydrogen) atoms. The summed E-state index contributed by atoms with van der Waals surface area (Å²) >= 11 is 6.19. The van der Waals surface area contributed by atoms with Gasteiger partial charge in [-0.1, -0.05) is 48.9 Å². The molecule has 3 rings (SSSR count). The molecule has 4 atom stereocenters. The lowest BCUT2D eigenvalue weighted by atomic mass is 9.71. The smallest absolute Gasteiger partial charge is 0.416 e. The number of ketones is 1. The molecule has 0 heterocycles. The Labute approximate surface area is 205 Å². The Hall–Kier alpha value is -2.94. The van der Waals surface area contributed by atoms with Crippen LogP contribution in [0.2, 0.25) is 0 Å². The summed E-state index contributed by atoms with van der Waals surface area (Å²) < 4.78 is 56.4. The van der Waals surface area contributed by atoms with Gasteiger partial charge in [0.05, 0.1) is 28.3 Å². The van der Waals surface area contributed by atoms with Crippen molar-refractivity contribution in [2.75, 3.05) is 0 Å². The minimum atomic E-state index is -4.83. The number of alkyl halides is 4. The first-order valence-corrected chi connectivity index (χ1v) is 11.2. The Morgan fingerprint density at radius 2 is 1.89 bits per heavy atom. The van der Waals surface area contributed by atoms with E-state index in [9.17, 15) is 22.8 Å². The summed E-state index contributed by atoms with van der Waals surface area (Å²) in [6, 6.07) is -0.885. The van der Waals surface area contributed by atoms with Crippen molar-refractivity contribution in [1.29, 1.82) is 5.41 Å². The Morgan fingerprint density at radius 3 is 2.46 bits per heavy atom. The number of Topliss-reactive ketones (excluding diaryl/α,β-unsaturated/α-hetero) is 1. The first kappa shape index (κ1) is 26.7. The van der Waals surface area contributed by atoms with Gasteiger partial charge in [0.2, 0.25) is 5.78 Å². The monoisotopic (exact) mass is 512 g/mol. The second kappa shape index (κ2) is 9.26. The van der Waals surface area contributed by atoms with Gasteiger partial charge >= 0.3 is 12.1 Å². The van der Waals surface area contributed by atoms with Crippen LogP contribution in [0.15, 0.2) is 70.0 Å². The van der Waals surface area contributed by atoms with Crippen LogP contribution in [0, 0.1) is 16.7 Å². The normalized spacial score (nSPS) is 30.9. The molecule has 0 saturated heterocycles. The van der Waals surface area contributed by atoms with Crippen molar-refractivity contribution >= 4 is 29.1 Å². The Morgan fingerprint density at radius 1 is 1.23 bits per heavy atom. The van der Waals surface area contributed by atoms with Crippen molar-refractivity contribution in [3.63, 3.8) is 0 Å². The predicted octanol–water partition coefficient (Wildman–Crippen LogP) is 5.71. The maximum Gasteiger partial charge on any atom is 0.416 e. The second-order valence-electron chi connectivity index (χ2n) is 9.28. The molecule has 0 fully saturated rings. The van der Waals surface area contributed by atoms with E-state index >= 15 is 4.39 Å². The van der Waals surface area contributed by atoms with E-state index in [4.69, 9.17) is 22.1 Å². The average Bonchev–Trinajstić information content (AvgIpc) is 2.76. The zero-order valence-corrected chi connectivity index (χ0v) is 20.0. The minimum absolute atomic E-state index is 0.0109. The number of allylic oxidation sites excluding steroid dienone is 9. The van der Waals surface area contributed by atoms with Crippen molar-refractivity contribution in [2.45, 2.75) is 51.5 Å². The molecule has 0 aromatic rings. The molecule has 5 nitrogen and oxygen atoms in total. The summed E-state index contributed by atoms with van der Waals surface area (Å²) in [4.78, 5) is 24.6. The molecule has 3 aliphatic carbocycles. The Bertz CT molecular complexity index is 1160. The molecule has 0 bridgehead atoms. The van der Waals surface area contributed by atoms with Gasteiger partial charge in [-0.3, -0.25) is 4.79 Å². The van der Waals surface area contributed by atoms with E-state index in [-0.39, 0.29) is 22.7 Å². The summed E-state index contributed by atoms with van der Waals surface area (Å²) in [6.07, 6.45) is 4.43. The van der Waals surface area contributed by atoms with Crippen LogP contribution in [0.3, 0.4) is 0 Å². The van der Waals surface area contributed by atoms with Crippen LogP contribution < -0.4 is 5.32 Å². The lowest BCUT2D eigenvalue weighted by Crippen LogP contribution is -2.51. The fourth-order valence-electron chi connectivity index (χ4n) is 4.29. The largest absolute Gasteiger partial charge is 0.478 e. The molecule has 3 aliphatic rings. The molecule has 0 aromatic carbocycles. The lowest BCUT2D eigenvalue weighted by molar-refractivity contribution is -0.133. The zero-order chi connectivity index (χ0) is 26.3. The fraction of sp³-hybridized carbons (Fsp3) is 0.400. The molecule has 0 amide bonds. The number of halogens is 5. The SMILES string of the molecule is CC1CC=C(C(F)(F)F)C(C(=O)C(=N)C2(C)C=CC=CC2NC2=CC=C(C(=O)O)CC2(C)F)=C1Cl. The lowest BCUT2D eigenvalue weighted by Gasteiger charge is -2.40. The van der Waals surface area contributed by atoms with Crippen molar-refractivity contribution in [3.8, 4) is 0 Å². The summed E-state index contributed by atoms with van der Waals surface area (Å²) in [5.41, 5.74) is -6.19. The zero-order valence-electron chi connectivity index (χ0n) is 19.3. The molecule has 0 aliphatic heterocycles. The van der Waals surface area contributed by atoms with Crippen LogP contribution in [-0.4, -0.2) is 40.5 Å². The third-order valence-electron chi connectivity index (χ3n) is 6.54. The van der Waals surface area contributed by atoms with E-state index in [0.29, 0.717) is 0 Å². The van der Waals surface area contributed by atoms with Gasteiger partial charge < -0.3 is 15.8 Å². The topological polar surface area (TPSA) is 90.3 Å². The highest BCUT2D eigenvalue weighted by atomic mass is 35.5. The molecule has 188 valence electrons. The standard InChI is InChI=1S/C25H25ClF4N2O3/c1-13-7-9-15(25(28,29)30)18(19(13)26)20(33)21(31)23(2)11-5-4-6-16(23)32-17-10-8-14(22(34)35)12-24(17,3)27/h4-6,8-11,13,16,31-32H,7,12H2,1-3H3,(H,34,35). The van der Waals surface area contributed by atoms with E-state index in [2.05, 4.69) is 5.32 Å². The van der Waals surface area contributed by atoms with Gasteiger partial charge in [0.15, 0.2) is 5.67 Å². The van der Waals surface area contributed by atoms with Crippen molar-refractivity contribution in [3.05, 3.63) is 70.0 Å². The Kier molecular flexibility index (Phi) is 7.05. The number of carboxylic acid groups (broad SMARTS) is 1. The minimum Gasteiger partial charge on any atom is -0.478 e. The second-order valence-corrected chi connectivity index (χ2v) is 9.69. The summed E-state index contributed by atoms with van der Waals surface area (Å²) in [5, 5.41) is 20.5. The summed E-state index contributed by atoms with van der Waals surface area (Å²) in [7, 11) is 0. The summed E-state index contributed by atoms with van der Waals surface area (Å²) in [6.45, 7) is 4.28. The van der Waals surface area contributed by atoms with Gasteiger partial charge in [0, 0.05) is 22.7 Å². The van der Waals surface area contributed by atoms with Crippen LogP contribution in [0.1, 0.15) is 33.6 Å². The fourth-order valence-corrected chi connectivity index (χ4v) is 4.56. The Balaban J connectivity index is 1.98. The average molecular weight is 513 g/mol. The number of carbonyl (C=O) groups is 2. The van der Waals surface area contributed by atoms with E-state index in [0.717, 1.165) is 6.08 Å². The molecule has 0 radical (unpaired) electrons. The number of carbonyl (C=O) groups excluding carboxylic acids is 1. The molecule has 0 saturated carbocycles. The van der Waals surface area contributed by atoms with E-state index in [1.54, 1.807) is 25.2 Å². The maximum atomic E-state index is 15.3. The maximum absolute atomic E-state index is 15.3. The highest BCUT2D eigenvalue weighted by molar-refractivity contribution is 6.50. The van der Waals surface area contributed by atoms with Crippen LogP contribution in [0.4, 0.5) is 17.6 Å². The quantitative estimate of drug-likeness (QED) is 0.314. The molecule has 10 heteroatoms. The van der Waals surface area contributed by atoms with Crippen LogP contribution >= 0.6 is 11.6 Å². The van der Waals surface area contributed by atoms with Gasteiger partial charge in [-0.05, 0) is 38.3 Å². The van der Waals surface area contributed by atoms with Gasteiger partial charge in [-0.2, -0.15) is 13.2 Å². The van der Waals surface area contributed by atoms with Gasteiger partial charge in [0.1, 0.15) is 0 Å². The molecule has 0 spiro atoms. The highest BCUT2D eigenvalue weighted by Crippen LogP contribution is 2.43. The summed E-state index contributed by atoms with van der Waals surface area (Å²) in [5.74, 6) is -2.93. The van der Waals surface area contributed by atoms with Gasteiger partial charge in [0.25, 0.3) is 0 Å². The van der Waals surface area contributed by atoms with Crippen molar-refractivity contribution < 1.29 is 32.3 Å². The van der Waals surface area contributed by atoms with E-state index in [1.165, 1.54) is 32.1 Å². The van der Waals surface area contributed by atoms with E-state index < -0.39 is 64.3 Å². The molecule has 4 unspecified atom stereocenters. The third-order valence-corrected chi connectivity index (χ3v) is 7.10. The van der Waals surface area contributed by atoms with Crippen LogP contribution in [0.5, 0.6) is 0 Å². The van der Waals surface area contributed by atoms with Gasteiger partial charge in [-0.15, -0.1) is 0 Å². The highest BCUT2D eigenvalue weighted by Gasteiger charge is 2.47. The van der Waals surface area contributed by atoms with E-state index in [1.807, 2.05) is 0 Å². The van der Waals surface area contributed by atoms with Crippen molar-refractivity contribution in [2.24, 2.45) is 11.3 Å².